The number of hydrogen-bond donors (Lipinski definition) is 2. The molecule has 8 heteroatoms. The van der Waals surface area contributed by atoms with Gasteiger partial charge in [0.15, 0.2) is 11.5 Å². The third-order valence-electron chi connectivity index (χ3n) is 6.11. The summed E-state index contributed by atoms with van der Waals surface area (Å²) < 4.78 is 51.1. The molecule has 0 aromatic heterocycles. The Hall–Kier alpha value is -3.52. The lowest BCUT2D eigenvalue weighted by molar-refractivity contribution is -0.137. The van der Waals surface area contributed by atoms with E-state index in [4.69, 9.17) is 9.47 Å². The van der Waals surface area contributed by atoms with Crippen LogP contribution in [0.15, 0.2) is 72.8 Å². The minimum Gasteiger partial charge on any atom is -0.487 e. The quantitative estimate of drug-likeness (QED) is 0.258. The molecule has 0 aliphatic carbocycles. The molecule has 210 valence electrons. The van der Waals surface area contributed by atoms with E-state index < -0.39 is 17.8 Å². The number of carbonyl (C=O) groups is 1. The third kappa shape index (κ3) is 8.75. The minimum atomic E-state index is -4.38. The van der Waals surface area contributed by atoms with Gasteiger partial charge in [-0.3, -0.25) is 10.1 Å². The summed E-state index contributed by atoms with van der Waals surface area (Å²) in [6.07, 6.45) is -3.50. The van der Waals surface area contributed by atoms with Crippen molar-refractivity contribution in [1.29, 1.82) is 0 Å². The van der Waals surface area contributed by atoms with Crippen molar-refractivity contribution in [2.45, 2.75) is 71.0 Å². The van der Waals surface area contributed by atoms with Crippen molar-refractivity contribution in [3.63, 3.8) is 0 Å². The molecule has 3 aromatic carbocycles. The average Bonchev–Trinajstić information content (AvgIpc) is 2.89. The van der Waals surface area contributed by atoms with E-state index in [1.165, 1.54) is 12.1 Å². The minimum absolute atomic E-state index is 0.0466. The second-order valence-corrected chi connectivity index (χ2v) is 9.95. The molecule has 0 radical (unpaired) electrons. The van der Waals surface area contributed by atoms with Crippen LogP contribution in [0.25, 0.3) is 0 Å². The van der Waals surface area contributed by atoms with Crippen LogP contribution in [0, 0.1) is 0 Å². The lowest BCUT2D eigenvalue weighted by atomic mass is 9.95. The highest BCUT2D eigenvalue weighted by Gasteiger charge is 2.30. The molecule has 39 heavy (non-hydrogen) atoms. The van der Waals surface area contributed by atoms with Crippen LogP contribution in [-0.2, 0) is 17.4 Å². The number of alkyl halides is 3. The Kier molecular flexibility index (Phi) is 10.4. The second-order valence-electron chi connectivity index (χ2n) is 9.95. The van der Waals surface area contributed by atoms with Gasteiger partial charge in [0.1, 0.15) is 6.04 Å². The zero-order valence-corrected chi connectivity index (χ0v) is 23.0. The van der Waals surface area contributed by atoms with Gasteiger partial charge < -0.3 is 14.8 Å². The number of benzene rings is 3. The van der Waals surface area contributed by atoms with Crippen LogP contribution in [0.5, 0.6) is 11.5 Å². The van der Waals surface area contributed by atoms with E-state index >= 15 is 0 Å². The highest BCUT2D eigenvalue weighted by atomic mass is 19.4. The molecule has 0 unspecified atom stereocenters. The first-order valence-electron chi connectivity index (χ1n) is 13.1. The van der Waals surface area contributed by atoms with Crippen molar-refractivity contribution in [2.24, 2.45) is 0 Å². The van der Waals surface area contributed by atoms with Gasteiger partial charge in [0.2, 0.25) is 5.91 Å². The molecule has 2 N–H and O–H groups in total. The van der Waals surface area contributed by atoms with E-state index in [9.17, 15) is 18.0 Å². The van der Waals surface area contributed by atoms with Crippen LogP contribution >= 0.6 is 0 Å². The predicted molar refractivity (Wildman–Crippen MR) is 147 cm³/mol. The summed E-state index contributed by atoms with van der Waals surface area (Å²) in [6, 6.07) is 19.3. The first-order chi connectivity index (χ1) is 18.5. The summed E-state index contributed by atoms with van der Waals surface area (Å²) in [5.74, 6) is 1.02. The number of amides is 1. The van der Waals surface area contributed by atoms with Gasteiger partial charge in [-0.05, 0) is 81.5 Å². The number of hydrogen-bond acceptors (Lipinski definition) is 4. The van der Waals surface area contributed by atoms with E-state index in [2.05, 4.69) is 10.6 Å². The fourth-order valence-electron chi connectivity index (χ4n) is 4.27. The Morgan fingerprint density at radius 3 is 2.00 bits per heavy atom. The van der Waals surface area contributed by atoms with Crippen molar-refractivity contribution in [3.8, 4) is 11.5 Å². The molecule has 0 heterocycles. The molecule has 0 aliphatic rings. The van der Waals surface area contributed by atoms with E-state index in [0.29, 0.717) is 24.3 Å². The fraction of sp³-hybridized carbons (Fsp3) is 0.387. The summed E-state index contributed by atoms with van der Waals surface area (Å²) >= 11 is 0. The zero-order chi connectivity index (χ0) is 28.6. The number of halogens is 3. The van der Waals surface area contributed by atoms with Gasteiger partial charge in [-0.2, -0.15) is 13.2 Å². The first kappa shape index (κ1) is 30.0. The summed E-state index contributed by atoms with van der Waals surface area (Å²) in [6.45, 7) is 7.75. The van der Waals surface area contributed by atoms with E-state index in [0.717, 1.165) is 28.8 Å². The van der Waals surface area contributed by atoms with E-state index in [-0.39, 0.29) is 24.2 Å². The highest BCUT2D eigenvalue weighted by Crippen LogP contribution is 2.35. The van der Waals surface area contributed by atoms with E-state index in [1.807, 2.05) is 76.2 Å². The van der Waals surface area contributed by atoms with Crippen LogP contribution in [0.4, 0.5) is 13.2 Å². The number of ether oxygens (including phenoxy) is 2. The molecule has 1 amide bonds. The molecule has 0 spiro atoms. The van der Waals surface area contributed by atoms with E-state index in [1.54, 1.807) is 7.05 Å². The Labute approximate surface area is 228 Å². The van der Waals surface area contributed by atoms with Crippen LogP contribution in [0.1, 0.15) is 68.5 Å². The maximum absolute atomic E-state index is 13.0. The molecular formula is C31H37F3N2O3. The normalized spacial score (nSPS) is 13.3. The topological polar surface area (TPSA) is 59.6 Å². The number of nitrogens with one attached hydrogen (secondary N) is 2. The maximum Gasteiger partial charge on any atom is 0.416 e. The molecule has 0 saturated carbocycles. The summed E-state index contributed by atoms with van der Waals surface area (Å²) in [7, 11) is 1.59. The van der Waals surface area contributed by atoms with Crippen molar-refractivity contribution in [3.05, 3.63) is 95.1 Å². The molecule has 3 rings (SSSR count). The molecule has 0 bridgehead atoms. The molecule has 3 aromatic rings. The van der Waals surface area contributed by atoms with Crippen LogP contribution in [0.2, 0.25) is 0 Å². The summed E-state index contributed by atoms with van der Waals surface area (Å²) in [4.78, 5) is 12.9. The summed E-state index contributed by atoms with van der Waals surface area (Å²) in [5.41, 5.74) is 1.76. The smallest absolute Gasteiger partial charge is 0.416 e. The molecule has 0 fully saturated rings. The Balaban J connectivity index is 1.97. The molecule has 2 atom stereocenters. The molecular weight excluding hydrogens is 505 g/mol. The third-order valence-corrected chi connectivity index (χ3v) is 6.11. The van der Waals surface area contributed by atoms with Gasteiger partial charge >= 0.3 is 6.18 Å². The first-order valence-corrected chi connectivity index (χ1v) is 13.1. The van der Waals surface area contributed by atoms with Gasteiger partial charge in [0.05, 0.1) is 17.8 Å². The standard InChI is InChI=1S/C31H37F3N2O3/c1-20(2)38-27-18-14-24(19-28(27)39-21(3)4)26(17-13-22-11-15-25(16-12-22)31(32,33)34)36-29(30(37)35-5)23-9-7-6-8-10-23/h6-12,14-16,18-21,26,29,36H,13,17H2,1-5H3,(H,35,37)/t26-,29-/m1/s1. The number of aryl methyl sites for hydroxylation is 1. The Morgan fingerprint density at radius 1 is 0.821 bits per heavy atom. The molecule has 0 saturated heterocycles. The zero-order valence-electron chi connectivity index (χ0n) is 23.0. The number of carbonyl (C=O) groups excluding carboxylic acids is 1. The van der Waals surface area contributed by atoms with Gasteiger partial charge in [-0.15, -0.1) is 0 Å². The number of rotatable bonds is 12. The average molecular weight is 543 g/mol. The maximum atomic E-state index is 13.0. The van der Waals surface area contributed by atoms with Gasteiger partial charge in [-0.1, -0.05) is 48.5 Å². The van der Waals surface area contributed by atoms with Gasteiger partial charge in [-0.25, -0.2) is 0 Å². The molecule has 5 nitrogen and oxygen atoms in total. The van der Waals surface area contributed by atoms with Crippen LogP contribution in [-0.4, -0.2) is 25.2 Å². The lowest BCUT2D eigenvalue weighted by Crippen LogP contribution is -2.38. The van der Waals surface area contributed by atoms with Crippen molar-refractivity contribution in [1.82, 2.24) is 10.6 Å². The fourth-order valence-corrected chi connectivity index (χ4v) is 4.27. The van der Waals surface area contributed by atoms with Gasteiger partial charge in [0, 0.05) is 13.1 Å². The van der Waals surface area contributed by atoms with Crippen molar-refractivity contribution >= 4 is 5.91 Å². The number of likely N-dealkylation sites (N-methyl/N-ethyl adjacent to an activating group) is 1. The largest absolute Gasteiger partial charge is 0.487 e. The van der Waals surface area contributed by atoms with Crippen molar-refractivity contribution < 1.29 is 27.4 Å². The molecule has 0 aliphatic heterocycles. The van der Waals surface area contributed by atoms with Gasteiger partial charge in [0.25, 0.3) is 0 Å². The second kappa shape index (κ2) is 13.5. The summed E-state index contributed by atoms with van der Waals surface area (Å²) in [5, 5.41) is 6.23. The lowest BCUT2D eigenvalue weighted by Gasteiger charge is -2.27. The van der Waals surface area contributed by atoms with Crippen molar-refractivity contribution in [2.75, 3.05) is 7.05 Å². The Morgan fingerprint density at radius 2 is 1.44 bits per heavy atom. The monoisotopic (exact) mass is 542 g/mol. The van der Waals surface area contributed by atoms with Crippen LogP contribution < -0.4 is 20.1 Å². The predicted octanol–water partition coefficient (Wildman–Crippen LogP) is 7.03. The SMILES string of the molecule is CNC(=O)[C@H](N[C@H](CCc1ccc(C(F)(F)F)cc1)c1ccc(OC(C)C)c(OC(C)C)c1)c1ccccc1. The Bertz CT molecular complexity index is 1200. The highest BCUT2D eigenvalue weighted by molar-refractivity contribution is 5.83. The van der Waals surface area contributed by atoms with Crippen LogP contribution in [0.3, 0.4) is 0 Å².